The first-order chi connectivity index (χ1) is 10.1. The van der Waals surface area contributed by atoms with Crippen molar-refractivity contribution in [1.82, 2.24) is 5.32 Å². The summed E-state index contributed by atoms with van der Waals surface area (Å²) in [6.45, 7) is 0.853. The predicted molar refractivity (Wildman–Crippen MR) is 75.9 cm³/mol. The molecule has 21 heavy (non-hydrogen) atoms. The highest BCUT2D eigenvalue weighted by atomic mass is 16.5. The molecule has 1 aromatic carbocycles. The van der Waals surface area contributed by atoms with E-state index in [9.17, 15) is 14.4 Å². The molecule has 2 N–H and O–H groups in total. The number of amides is 2. The van der Waals surface area contributed by atoms with E-state index in [1.807, 2.05) is 0 Å². The average Bonchev–Trinajstić information content (AvgIpc) is 2.50. The smallest absolute Gasteiger partial charge is 0.337 e. The van der Waals surface area contributed by atoms with E-state index in [-0.39, 0.29) is 5.56 Å². The second-order valence-electron chi connectivity index (χ2n) is 4.13. The number of anilines is 1. The molecule has 0 aromatic heterocycles. The van der Waals surface area contributed by atoms with Gasteiger partial charge in [0.1, 0.15) is 0 Å². The van der Waals surface area contributed by atoms with Crippen molar-refractivity contribution in [3.8, 4) is 0 Å². The molecule has 114 valence electrons. The molecular weight excluding hydrogens is 276 g/mol. The minimum atomic E-state index is -0.797. The summed E-state index contributed by atoms with van der Waals surface area (Å²) in [4.78, 5) is 34.5. The number of rotatable bonds is 6. The molecule has 2 amide bonds. The zero-order chi connectivity index (χ0) is 15.7. The molecule has 0 saturated carbocycles. The molecule has 7 heteroatoms. The summed E-state index contributed by atoms with van der Waals surface area (Å²) in [5.74, 6) is -2.06. The van der Waals surface area contributed by atoms with Gasteiger partial charge in [-0.05, 0) is 24.6 Å². The minimum Gasteiger partial charge on any atom is -0.465 e. The van der Waals surface area contributed by atoms with Crippen molar-refractivity contribution in [3.05, 3.63) is 29.8 Å². The molecule has 1 rings (SSSR count). The van der Waals surface area contributed by atoms with Gasteiger partial charge in [0, 0.05) is 25.9 Å². The number of carbonyl (C=O) groups is 3. The number of hydrogen-bond donors (Lipinski definition) is 2. The average molecular weight is 294 g/mol. The maximum Gasteiger partial charge on any atom is 0.337 e. The van der Waals surface area contributed by atoms with E-state index < -0.39 is 17.8 Å². The van der Waals surface area contributed by atoms with E-state index in [4.69, 9.17) is 4.74 Å². The Kier molecular flexibility index (Phi) is 6.90. The number of carbonyl (C=O) groups excluding carboxylic acids is 3. The summed E-state index contributed by atoms with van der Waals surface area (Å²) < 4.78 is 9.41. The van der Waals surface area contributed by atoms with Crippen LogP contribution in [0.25, 0.3) is 0 Å². The molecule has 0 fully saturated rings. The first kappa shape index (κ1) is 16.6. The van der Waals surface area contributed by atoms with Gasteiger partial charge < -0.3 is 20.1 Å². The van der Waals surface area contributed by atoms with Crippen molar-refractivity contribution >= 4 is 23.5 Å². The third-order valence-corrected chi connectivity index (χ3v) is 2.56. The quantitative estimate of drug-likeness (QED) is 0.454. The number of nitrogens with one attached hydrogen (secondary N) is 2. The highest BCUT2D eigenvalue weighted by Crippen LogP contribution is 2.11. The number of methoxy groups -OCH3 is 2. The summed E-state index contributed by atoms with van der Waals surface area (Å²) in [5, 5.41) is 4.88. The molecule has 0 unspecified atom stereocenters. The molecule has 0 radical (unpaired) electrons. The second kappa shape index (κ2) is 8.70. The SMILES string of the molecule is COCCCNC(=O)C(=O)Nc1cccc(C(=O)OC)c1. The number of hydrogen-bond acceptors (Lipinski definition) is 5. The number of esters is 1. The minimum absolute atomic E-state index is 0.288. The summed E-state index contributed by atoms with van der Waals surface area (Å²) in [5.41, 5.74) is 0.630. The molecule has 1 aromatic rings. The maximum atomic E-state index is 11.7. The summed E-state index contributed by atoms with van der Waals surface area (Å²) >= 11 is 0. The van der Waals surface area contributed by atoms with Crippen LogP contribution in [0.4, 0.5) is 5.69 Å². The highest BCUT2D eigenvalue weighted by Gasteiger charge is 2.14. The Balaban J connectivity index is 2.54. The summed E-state index contributed by atoms with van der Waals surface area (Å²) in [7, 11) is 2.82. The van der Waals surface area contributed by atoms with Crippen LogP contribution in [0.3, 0.4) is 0 Å². The Morgan fingerprint density at radius 1 is 1.14 bits per heavy atom. The van der Waals surface area contributed by atoms with Gasteiger partial charge in [0.05, 0.1) is 12.7 Å². The van der Waals surface area contributed by atoms with Gasteiger partial charge in [-0.25, -0.2) is 4.79 Å². The van der Waals surface area contributed by atoms with Gasteiger partial charge >= 0.3 is 17.8 Å². The molecule has 0 atom stereocenters. The van der Waals surface area contributed by atoms with E-state index in [1.165, 1.54) is 13.2 Å². The van der Waals surface area contributed by atoms with E-state index in [0.29, 0.717) is 25.3 Å². The van der Waals surface area contributed by atoms with E-state index in [2.05, 4.69) is 15.4 Å². The zero-order valence-corrected chi connectivity index (χ0v) is 12.0. The normalized spacial score (nSPS) is 9.81. The van der Waals surface area contributed by atoms with Gasteiger partial charge in [0.25, 0.3) is 0 Å². The van der Waals surface area contributed by atoms with Crippen LogP contribution in [0.5, 0.6) is 0 Å². The fraction of sp³-hybridized carbons (Fsp3) is 0.357. The Labute approximate surface area is 122 Å². The molecule has 0 aliphatic rings. The molecule has 0 saturated heterocycles. The summed E-state index contributed by atoms with van der Waals surface area (Å²) in [6, 6.07) is 6.13. The van der Waals surface area contributed by atoms with Crippen molar-refractivity contribution < 1.29 is 23.9 Å². The van der Waals surface area contributed by atoms with Crippen LogP contribution < -0.4 is 10.6 Å². The number of ether oxygens (including phenoxy) is 2. The lowest BCUT2D eigenvalue weighted by molar-refractivity contribution is -0.136. The van der Waals surface area contributed by atoms with Gasteiger partial charge in [-0.3, -0.25) is 9.59 Å². The Morgan fingerprint density at radius 2 is 1.90 bits per heavy atom. The van der Waals surface area contributed by atoms with E-state index in [0.717, 1.165) is 0 Å². The third kappa shape index (κ3) is 5.62. The van der Waals surface area contributed by atoms with Gasteiger partial charge in [0.2, 0.25) is 0 Å². The fourth-order valence-corrected chi connectivity index (χ4v) is 1.53. The Morgan fingerprint density at radius 3 is 2.57 bits per heavy atom. The predicted octanol–water partition coefficient (Wildman–Crippen LogP) is 0.564. The van der Waals surface area contributed by atoms with Crippen molar-refractivity contribution in [3.63, 3.8) is 0 Å². The van der Waals surface area contributed by atoms with Crippen molar-refractivity contribution in [2.45, 2.75) is 6.42 Å². The van der Waals surface area contributed by atoms with Crippen LogP contribution in [-0.4, -0.2) is 45.2 Å². The Bertz CT molecular complexity index is 516. The monoisotopic (exact) mass is 294 g/mol. The van der Waals surface area contributed by atoms with Crippen molar-refractivity contribution in [1.29, 1.82) is 0 Å². The molecule has 0 spiro atoms. The van der Waals surface area contributed by atoms with Crippen LogP contribution >= 0.6 is 0 Å². The lowest BCUT2D eigenvalue weighted by atomic mass is 10.2. The fourth-order valence-electron chi connectivity index (χ4n) is 1.53. The molecule has 7 nitrogen and oxygen atoms in total. The standard InChI is InChI=1S/C14H18N2O5/c1-20-8-4-7-15-12(17)13(18)16-11-6-3-5-10(9-11)14(19)21-2/h3,5-6,9H,4,7-8H2,1-2H3,(H,15,17)(H,16,18). The van der Waals surface area contributed by atoms with Crippen LogP contribution in [-0.2, 0) is 19.1 Å². The first-order valence-corrected chi connectivity index (χ1v) is 6.35. The zero-order valence-electron chi connectivity index (χ0n) is 12.0. The van der Waals surface area contributed by atoms with E-state index in [1.54, 1.807) is 25.3 Å². The Hall–Kier alpha value is -2.41. The number of benzene rings is 1. The van der Waals surface area contributed by atoms with Crippen LogP contribution in [0, 0.1) is 0 Å². The lowest BCUT2D eigenvalue weighted by Gasteiger charge is -2.07. The van der Waals surface area contributed by atoms with Gasteiger partial charge in [-0.2, -0.15) is 0 Å². The van der Waals surface area contributed by atoms with E-state index >= 15 is 0 Å². The van der Waals surface area contributed by atoms with Crippen LogP contribution in [0.15, 0.2) is 24.3 Å². The van der Waals surface area contributed by atoms with Crippen LogP contribution in [0.2, 0.25) is 0 Å². The summed E-state index contributed by atoms with van der Waals surface area (Å²) in [6.07, 6.45) is 0.618. The molecule has 0 bridgehead atoms. The van der Waals surface area contributed by atoms with Crippen molar-refractivity contribution in [2.75, 3.05) is 32.7 Å². The highest BCUT2D eigenvalue weighted by molar-refractivity contribution is 6.39. The second-order valence-corrected chi connectivity index (χ2v) is 4.13. The van der Waals surface area contributed by atoms with Gasteiger partial charge in [-0.1, -0.05) is 6.07 Å². The largest absolute Gasteiger partial charge is 0.465 e. The topological polar surface area (TPSA) is 93.7 Å². The third-order valence-electron chi connectivity index (χ3n) is 2.56. The van der Waals surface area contributed by atoms with Crippen LogP contribution in [0.1, 0.15) is 16.8 Å². The maximum absolute atomic E-state index is 11.7. The molecule has 0 aliphatic heterocycles. The molecule has 0 aliphatic carbocycles. The van der Waals surface area contributed by atoms with Gasteiger partial charge in [-0.15, -0.1) is 0 Å². The molecule has 0 heterocycles. The van der Waals surface area contributed by atoms with Crippen molar-refractivity contribution in [2.24, 2.45) is 0 Å². The molecular formula is C14H18N2O5. The first-order valence-electron chi connectivity index (χ1n) is 6.35. The lowest BCUT2D eigenvalue weighted by Crippen LogP contribution is -2.36. The van der Waals surface area contributed by atoms with Gasteiger partial charge in [0.15, 0.2) is 0 Å².